The summed E-state index contributed by atoms with van der Waals surface area (Å²) in [6.45, 7) is 0. The summed E-state index contributed by atoms with van der Waals surface area (Å²) in [5, 5.41) is 14.0. The maximum Gasteiger partial charge on any atom is 1.00 e. The molecule has 5 nitrogen and oxygen atoms in total. The van der Waals surface area contributed by atoms with Gasteiger partial charge in [0.1, 0.15) is 6.29 Å². The van der Waals surface area contributed by atoms with Crippen LogP contribution in [-0.2, 0) is 0 Å². The Morgan fingerprint density at radius 3 is 2.50 bits per heavy atom. The van der Waals surface area contributed by atoms with Gasteiger partial charge in [-0.15, -0.1) is 10.2 Å². The Morgan fingerprint density at radius 1 is 1.05 bits per heavy atom. The van der Waals surface area contributed by atoms with Gasteiger partial charge in [0.25, 0.3) is 0 Å². The summed E-state index contributed by atoms with van der Waals surface area (Å²) in [6, 6.07) is 15.3. The fourth-order valence-electron chi connectivity index (χ4n) is 1.97. The van der Waals surface area contributed by atoms with Crippen molar-refractivity contribution in [1.29, 1.82) is 0 Å². The molecule has 0 spiro atoms. The van der Waals surface area contributed by atoms with Gasteiger partial charge < -0.3 is 1.43 Å². The van der Waals surface area contributed by atoms with Crippen LogP contribution in [0.25, 0.3) is 22.5 Å². The van der Waals surface area contributed by atoms with Crippen LogP contribution in [0.5, 0.6) is 0 Å². The number of benzene rings is 2. The van der Waals surface area contributed by atoms with Gasteiger partial charge in [0.2, 0.25) is 5.82 Å². The van der Waals surface area contributed by atoms with Crippen LogP contribution in [0.3, 0.4) is 0 Å². The van der Waals surface area contributed by atoms with E-state index in [1.165, 1.54) is 0 Å². The van der Waals surface area contributed by atoms with E-state index in [0.717, 1.165) is 23.0 Å². The zero-order valence-electron chi connectivity index (χ0n) is 11.9. The third-order valence-electron chi connectivity index (χ3n) is 2.85. The van der Waals surface area contributed by atoms with E-state index in [4.69, 9.17) is 0 Å². The number of aromatic nitrogens is 4. The summed E-state index contributed by atoms with van der Waals surface area (Å²) in [5.74, 6) is 0.475. The van der Waals surface area contributed by atoms with E-state index in [1.54, 1.807) is 12.1 Å². The molecule has 1 aromatic heterocycles. The van der Waals surface area contributed by atoms with Crippen molar-refractivity contribution >= 4 is 6.29 Å². The molecule has 0 fully saturated rings. The molecule has 94 valence electrons. The summed E-state index contributed by atoms with van der Waals surface area (Å²) in [4.78, 5) is 10.9. The van der Waals surface area contributed by atoms with E-state index in [9.17, 15) is 4.79 Å². The number of hydrogen-bond acceptors (Lipinski definition) is 4. The molecule has 0 saturated heterocycles. The zero-order chi connectivity index (χ0) is 13.1. The molecule has 3 aromatic rings. The van der Waals surface area contributed by atoms with Crippen molar-refractivity contribution < 1.29 is 35.8 Å². The first-order chi connectivity index (χ1) is 9.38. The van der Waals surface area contributed by atoms with Gasteiger partial charge in [-0.2, -0.15) is 5.21 Å². The fourth-order valence-corrected chi connectivity index (χ4v) is 1.97. The van der Waals surface area contributed by atoms with Crippen molar-refractivity contribution in [2.75, 3.05) is 0 Å². The second-order valence-corrected chi connectivity index (χ2v) is 4.02. The number of hydrogen-bond donors (Lipinski definition) is 1. The molecule has 6 heteroatoms. The first-order valence-electron chi connectivity index (χ1n) is 5.77. The number of nitrogens with zero attached hydrogens (tertiary/aromatic N) is 3. The van der Waals surface area contributed by atoms with E-state index in [1.807, 2.05) is 36.4 Å². The molecule has 0 amide bonds. The number of H-pyrrole nitrogens is 1. The Hall–Kier alpha value is -1.82. The van der Waals surface area contributed by atoms with Gasteiger partial charge in [0.05, 0.1) is 0 Å². The molecule has 1 heterocycles. The van der Waals surface area contributed by atoms with E-state index in [2.05, 4.69) is 20.6 Å². The van der Waals surface area contributed by atoms with E-state index < -0.39 is 0 Å². The molecule has 1 N–H and O–H groups in total. The Morgan fingerprint density at radius 2 is 1.85 bits per heavy atom. The molecule has 2 aromatic carbocycles. The van der Waals surface area contributed by atoms with Crippen LogP contribution in [0.15, 0.2) is 48.5 Å². The van der Waals surface area contributed by atoms with Crippen molar-refractivity contribution in [2.45, 2.75) is 0 Å². The average molecular weight is 274 g/mol. The van der Waals surface area contributed by atoms with Gasteiger partial charge in [-0.1, -0.05) is 42.5 Å². The normalized spacial score (nSPS) is 9.80. The minimum atomic E-state index is 0. The second-order valence-electron chi connectivity index (χ2n) is 4.02. The van der Waals surface area contributed by atoms with Crippen LogP contribution < -0.4 is 29.6 Å². The standard InChI is InChI=1S/C14H10N4O.Na.H/c19-9-10-6-7-12(11-4-2-1-3-5-11)13(8-10)14-15-17-18-16-14;;/h1-9H,(H,15,16,17,18);;/q;+1;-1. The number of nitrogens with one attached hydrogen (secondary N) is 1. The van der Waals surface area contributed by atoms with Crippen molar-refractivity contribution in [3.8, 4) is 22.5 Å². The van der Waals surface area contributed by atoms with Gasteiger partial charge >= 0.3 is 29.6 Å². The second kappa shape index (κ2) is 6.56. The van der Waals surface area contributed by atoms with Gasteiger partial charge in [-0.3, -0.25) is 4.79 Å². The van der Waals surface area contributed by atoms with Crippen molar-refractivity contribution in [3.63, 3.8) is 0 Å². The number of carbonyl (C=O) groups is 1. The van der Waals surface area contributed by atoms with Crippen LogP contribution in [0.4, 0.5) is 0 Å². The topological polar surface area (TPSA) is 71.5 Å². The van der Waals surface area contributed by atoms with Gasteiger partial charge in [0, 0.05) is 11.1 Å². The monoisotopic (exact) mass is 274 g/mol. The predicted octanol–water partition coefficient (Wildman–Crippen LogP) is -0.537. The molecule has 0 saturated carbocycles. The number of aldehydes is 1. The minimum Gasteiger partial charge on any atom is -1.00 e. The SMILES string of the molecule is O=Cc1ccc(-c2ccccc2)c(-c2nn[nH]n2)c1.[H-].[Na+]. The van der Waals surface area contributed by atoms with Gasteiger partial charge in [-0.05, 0) is 22.4 Å². The van der Waals surface area contributed by atoms with Gasteiger partial charge in [-0.25, -0.2) is 0 Å². The molecule has 0 aliphatic carbocycles. The van der Waals surface area contributed by atoms with Crippen molar-refractivity contribution in [1.82, 2.24) is 20.6 Å². The fraction of sp³-hybridized carbons (Fsp3) is 0. The van der Waals surface area contributed by atoms with E-state index in [0.29, 0.717) is 11.4 Å². The average Bonchev–Trinajstić information content (AvgIpc) is 3.01. The van der Waals surface area contributed by atoms with E-state index >= 15 is 0 Å². The van der Waals surface area contributed by atoms with Crippen LogP contribution in [0, 0.1) is 0 Å². The van der Waals surface area contributed by atoms with Crippen LogP contribution in [0.2, 0.25) is 0 Å². The summed E-state index contributed by atoms with van der Waals surface area (Å²) in [6.07, 6.45) is 0.804. The Kier molecular flexibility index (Phi) is 4.79. The van der Waals surface area contributed by atoms with E-state index in [-0.39, 0.29) is 31.0 Å². The maximum atomic E-state index is 10.9. The van der Waals surface area contributed by atoms with Crippen molar-refractivity contribution in [3.05, 3.63) is 54.1 Å². The third kappa shape index (κ3) is 2.85. The molecule has 0 aliphatic rings. The number of carbonyl (C=O) groups excluding carboxylic acids is 1. The molecular formula is C14H11N4NaO. The molecular weight excluding hydrogens is 263 g/mol. The molecule has 0 unspecified atom stereocenters. The molecule has 0 atom stereocenters. The molecule has 0 aliphatic heterocycles. The summed E-state index contributed by atoms with van der Waals surface area (Å²) in [7, 11) is 0. The first-order valence-corrected chi connectivity index (χ1v) is 5.77. The number of tetrazole rings is 1. The smallest absolute Gasteiger partial charge is 1.00 e. The summed E-state index contributed by atoms with van der Waals surface area (Å²) >= 11 is 0. The maximum absolute atomic E-state index is 10.9. The predicted molar refractivity (Wildman–Crippen MR) is 71.5 cm³/mol. The Balaban J connectivity index is 0.00000110. The van der Waals surface area contributed by atoms with Crippen LogP contribution in [-0.4, -0.2) is 26.9 Å². The molecule has 3 rings (SSSR count). The summed E-state index contributed by atoms with van der Waals surface area (Å²) in [5.41, 5.74) is 3.37. The van der Waals surface area contributed by atoms with Gasteiger partial charge in [0.15, 0.2) is 0 Å². The van der Waals surface area contributed by atoms with Crippen LogP contribution in [0.1, 0.15) is 11.8 Å². The van der Waals surface area contributed by atoms with Crippen LogP contribution >= 0.6 is 0 Å². The Bertz CT molecular complexity index is 704. The first kappa shape index (κ1) is 14.6. The minimum absolute atomic E-state index is 0. The zero-order valence-corrected chi connectivity index (χ0v) is 12.9. The quantitative estimate of drug-likeness (QED) is 0.514. The number of aromatic amines is 1. The third-order valence-corrected chi connectivity index (χ3v) is 2.85. The Labute approximate surface area is 139 Å². The summed E-state index contributed by atoms with van der Waals surface area (Å²) < 4.78 is 0. The number of rotatable bonds is 3. The largest absolute Gasteiger partial charge is 1.00 e. The van der Waals surface area contributed by atoms with Crippen molar-refractivity contribution in [2.24, 2.45) is 0 Å². The molecule has 0 bridgehead atoms. The molecule has 20 heavy (non-hydrogen) atoms. The molecule has 0 radical (unpaired) electrons.